The molecule has 6 nitrogen and oxygen atoms in total. The summed E-state index contributed by atoms with van der Waals surface area (Å²) in [6, 6.07) is 7.86. The summed E-state index contributed by atoms with van der Waals surface area (Å²) in [6.45, 7) is 5.12. The van der Waals surface area contributed by atoms with Gasteiger partial charge in [0.1, 0.15) is 17.3 Å². The number of amides is 1. The van der Waals surface area contributed by atoms with Crippen molar-refractivity contribution < 1.29 is 23.2 Å². The van der Waals surface area contributed by atoms with Gasteiger partial charge in [0.05, 0.1) is 12.0 Å². The van der Waals surface area contributed by atoms with Gasteiger partial charge >= 0.3 is 5.97 Å². The van der Waals surface area contributed by atoms with E-state index in [0.717, 1.165) is 12.8 Å². The molecule has 1 amide bonds. The van der Waals surface area contributed by atoms with E-state index in [9.17, 15) is 14.0 Å². The maximum absolute atomic E-state index is 13.5. The molecule has 0 spiro atoms. The lowest BCUT2D eigenvalue weighted by Gasteiger charge is -2.40. The van der Waals surface area contributed by atoms with Gasteiger partial charge in [-0.3, -0.25) is 9.59 Å². The Hall–Kier alpha value is -2.70. The largest absolute Gasteiger partial charge is 0.466 e. The first kappa shape index (κ1) is 20.6. The lowest BCUT2D eigenvalue weighted by molar-refractivity contribution is -0.161. The molecule has 1 saturated heterocycles. The topological polar surface area (TPSA) is 72.6 Å². The second kappa shape index (κ2) is 8.20. The maximum Gasteiger partial charge on any atom is 0.314 e. The van der Waals surface area contributed by atoms with Gasteiger partial charge in [0, 0.05) is 37.1 Å². The minimum atomic E-state index is -0.860. The number of carbonyl (C=O) groups is 2. The average molecular weight is 414 g/mol. The normalized spacial score (nSPS) is 25.8. The van der Waals surface area contributed by atoms with Crippen LogP contribution >= 0.6 is 0 Å². The van der Waals surface area contributed by atoms with E-state index in [1.165, 1.54) is 12.1 Å². The number of hydrogen-bond donors (Lipinski definition) is 0. The molecule has 0 N–H and O–H groups in total. The first-order chi connectivity index (χ1) is 14.4. The molecule has 7 heteroatoms. The number of likely N-dealkylation sites (tertiary alicyclic amines) is 1. The van der Waals surface area contributed by atoms with Crippen molar-refractivity contribution in [1.82, 2.24) is 10.1 Å². The highest BCUT2D eigenvalue weighted by Crippen LogP contribution is 2.42. The van der Waals surface area contributed by atoms with Gasteiger partial charge in [-0.05, 0) is 44.2 Å². The Bertz CT molecular complexity index is 943. The van der Waals surface area contributed by atoms with Crippen LogP contribution in [0.25, 0.3) is 11.3 Å². The summed E-state index contributed by atoms with van der Waals surface area (Å²) in [5.41, 5.74) is 0.262. The van der Waals surface area contributed by atoms with Gasteiger partial charge in [0.2, 0.25) is 5.91 Å². The molecule has 2 heterocycles. The Morgan fingerprint density at radius 2 is 2.17 bits per heavy atom. The van der Waals surface area contributed by atoms with Crippen molar-refractivity contribution in [1.29, 1.82) is 0 Å². The summed E-state index contributed by atoms with van der Waals surface area (Å²) in [5, 5.41) is 4.06. The highest BCUT2D eigenvalue weighted by atomic mass is 19.1. The van der Waals surface area contributed by atoms with Crippen LogP contribution in [0.5, 0.6) is 0 Å². The Balaban J connectivity index is 1.57. The Kier molecular flexibility index (Phi) is 5.62. The van der Waals surface area contributed by atoms with Crippen molar-refractivity contribution in [3.05, 3.63) is 41.9 Å². The summed E-state index contributed by atoms with van der Waals surface area (Å²) in [7, 11) is 0. The zero-order valence-corrected chi connectivity index (χ0v) is 17.4. The number of piperidine rings is 1. The molecule has 160 valence electrons. The van der Waals surface area contributed by atoms with Crippen molar-refractivity contribution in [2.24, 2.45) is 17.3 Å². The second-order valence-corrected chi connectivity index (χ2v) is 8.55. The molecule has 4 rings (SSSR count). The van der Waals surface area contributed by atoms with Crippen molar-refractivity contribution in [3.8, 4) is 11.3 Å². The first-order valence-electron chi connectivity index (χ1n) is 10.6. The number of nitrogens with zero attached hydrogens (tertiary/aromatic N) is 2. The molecule has 2 aliphatic rings. The standard InChI is InChI=1S/C23H27FN2O4/c1-3-29-22(28)23(8-5-9-26(14-23)21(27)19-10-15(19)2)13-18-12-20(25-30-18)16-6-4-7-17(24)11-16/h4,6-7,11-12,15,19H,3,5,8-10,13-14H2,1-2H3/t15-,19+,23-/m0/s1. The van der Waals surface area contributed by atoms with Crippen molar-refractivity contribution >= 4 is 11.9 Å². The summed E-state index contributed by atoms with van der Waals surface area (Å²) < 4.78 is 24.4. The Labute approximate surface area is 175 Å². The lowest BCUT2D eigenvalue weighted by Crippen LogP contribution is -2.52. The fourth-order valence-corrected chi connectivity index (χ4v) is 4.40. The van der Waals surface area contributed by atoms with E-state index in [-0.39, 0.29) is 36.6 Å². The quantitative estimate of drug-likeness (QED) is 0.672. The molecule has 2 fully saturated rings. The monoisotopic (exact) mass is 414 g/mol. The fraction of sp³-hybridized carbons (Fsp3) is 0.522. The van der Waals surface area contributed by atoms with Crippen LogP contribution in [0.2, 0.25) is 0 Å². The second-order valence-electron chi connectivity index (χ2n) is 8.55. The molecular weight excluding hydrogens is 387 g/mol. The molecule has 1 aliphatic heterocycles. The average Bonchev–Trinajstić information content (AvgIpc) is 3.28. The number of rotatable bonds is 6. The van der Waals surface area contributed by atoms with Gasteiger partial charge in [0.25, 0.3) is 0 Å². The van der Waals surface area contributed by atoms with Crippen LogP contribution in [0.4, 0.5) is 4.39 Å². The summed E-state index contributed by atoms with van der Waals surface area (Å²) in [6.07, 6.45) is 2.56. The van der Waals surface area contributed by atoms with Crippen LogP contribution in [0, 0.1) is 23.1 Å². The maximum atomic E-state index is 13.5. The Morgan fingerprint density at radius 1 is 1.37 bits per heavy atom. The highest BCUT2D eigenvalue weighted by Gasteiger charge is 2.49. The van der Waals surface area contributed by atoms with Crippen molar-refractivity contribution in [2.75, 3.05) is 19.7 Å². The number of benzene rings is 1. The van der Waals surface area contributed by atoms with E-state index in [1.54, 1.807) is 25.1 Å². The van der Waals surface area contributed by atoms with E-state index >= 15 is 0 Å². The number of aromatic nitrogens is 1. The molecule has 0 unspecified atom stereocenters. The number of carbonyl (C=O) groups excluding carboxylic acids is 2. The molecule has 0 bridgehead atoms. The highest BCUT2D eigenvalue weighted by molar-refractivity contribution is 5.84. The summed E-state index contributed by atoms with van der Waals surface area (Å²) in [4.78, 5) is 27.6. The third-order valence-electron chi connectivity index (χ3n) is 6.22. The molecule has 1 aromatic carbocycles. The number of halogens is 1. The van der Waals surface area contributed by atoms with E-state index < -0.39 is 5.41 Å². The molecule has 1 aliphatic carbocycles. The zero-order valence-electron chi connectivity index (χ0n) is 17.4. The molecule has 2 aromatic rings. The van der Waals surface area contributed by atoms with E-state index in [0.29, 0.717) is 42.4 Å². The van der Waals surface area contributed by atoms with Crippen molar-refractivity contribution in [2.45, 2.75) is 39.5 Å². The third-order valence-corrected chi connectivity index (χ3v) is 6.22. The predicted molar refractivity (Wildman–Crippen MR) is 108 cm³/mol. The van der Waals surface area contributed by atoms with Crippen LogP contribution in [0.1, 0.15) is 38.9 Å². The minimum Gasteiger partial charge on any atom is -0.466 e. The van der Waals surface area contributed by atoms with E-state index in [1.807, 2.05) is 4.90 Å². The molecule has 1 saturated carbocycles. The summed E-state index contributed by atoms with van der Waals surface area (Å²) >= 11 is 0. The van der Waals surface area contributed by atoms with Gasteiger partial charge in [-0.15, -0.1) is 0 Å². The van der Waals surface area contributed by atoms with Gasteiger partial charge in [-0.2, -0.15) is 0 Å². The predicted octanol–water partition coefficient (Wildman–Crippen LogP) is 3.85. The van der Waals surface area contributed by atoms with Crippen LogP contribution in [-0.2, 0) is 20.7 Å². The number of hydrogen-bond acceptors (Lipinski definition) is 5. The third kappa shape index (κ3) is 4.11. The number of esters is 1. The van der Waals surface area contributed by atoms with E-state index in [2.05, 4.69) is 12.1 Å². The molecule has 30 heavy (non-hydrogen) atoms. The van der Waals surface area contributed by atoms with Gasteiger partial charge in [-0.1, -0.05) is 24.2 Å². The molecule has 3 atom stereocenters. The minimum absolute atomic E-state index is 0.0767. The van der Waals surface area contributed by atoms with Gasteiger partial charge < -0.3 is 14.2 Å². The van der Waals surface area contributed by atoms with Crippen LogP contribution in [0.15, 0.2) is 34.9 Å². The van der Waals surface area contributed by atoms with Gasteiger partial charge in [0.15, 0.2) is 0 Å². The molecule has 0 radical (unpaired) electrons. The van der Waals surface area contributed by atoms with E-state index in [4.69, 9.17) is 9.26 Å². The smallest absolute Gasteiger partial charge is 0.314 e. The van der Waals surface area contributed by atoms with Crippen LogP contribution < -0.4 is 0 Å². The number of ether oxygens (including phenoxy) is 1. The molecular formula is C23H27FN2O4. The van der Waals surface area contributed by atoms with Crippen LogP contribution in [0.3, 0.4) is 0 Å². The van der Waals surface area contributed by atoms with Gasteiger partial charge in [-0.25, -0.2) is 4.39 Å². The van der Waals surface area contributed by atoms with Crippen molar-refractivity contribution in [3.63, 3.8) is 0 Å². The van der Waals surface area contributed by atoms with Crippen LogP contribution in [-0.4, -0.2) is 41.6 Å². The Morgan fingerprint density at radius 3 is 2.87 bits per heavy atom. The SMILES string of the molecule is CCOC(=O)[C@]1(Cc2cc(-c3cccc(F)c3)no2)CCCN(C(=O)[C@@H]2C[C@@H]2C)C1. The molecule has 1 aromatic heterocycles. The lowest BCUT2D eigenvalue weighted by atomic mass is 9.76. The zero-order chi connectivity index (χ0) is 21.3. The first-order valence-corrected chi connectivity index (χ1v) is 10.6. The fourth-order valence-electron chi connectivity index (χ4n) is 4.40. The summed E-state index contributed by atoms with van der Waals surface area (Å²) in [5.74, 6) is 0.489.